The second kappa shape index (κ2) is 9.02. The molecule has 3 saturated heterocycles. The van der Waals surface area contributed by atoms with Gasteiger partial charge in [0, 0.05) is 46.8 Å². The zero-order valence-corrected chi connectivity index (χ0v) is 19.4. The van der Waals surface area contributed by atoms with E-state index in [1.807, 2.05) is 39.0 Å². The number of urea groups is 1. The minimum absolute atomic E-state index is 0.0753. The highest BCUT2D eigenvalue weighted by atomic mass is 79.9. The summed E-state index contributed by atoms with van der Waals surface area (Å²) in [5.74, 6) is 1.83. The molecule has 3 fully saturated rings. The Morgan fingerprint density at radius 3 is 2.80 bits per heavy atom. The quantitative estimate of drug-likeness (QED) is 0.688. The van der Waals surface area contributed by atoms with Crippen LogP contribution < -0.4 is 10.6 Å². The van der Waals surface area contributed by atoms with Crippen molar-refractivity contribution in [2.45, 2.75) is 51.6 Å². The largest absolute Gasteiger partial charge is 0.337 e. The highest BCUT2D eigenvalue weighted by molar-refractivity contribution is 9.10. The predicted molar refractivity (Wildman–Crippen MR) is 122 cm³/mol. The predicted octanol–water partition coefficient (Wildman–Crippen LogP) is 4.10. The molecular weight excluding hydrogens is 442 g/mol. The summed E-state index contributed by atoms with van der Waals surface area (Å²) in [6.45, 7) is 8.72. The summed E-state index contributed by atoms with van der Waals surface area (Å²) in [4.78, 5) is 24.0. The topological polar surface area (TPSA) is 70.2 Å². The van der Waals surface area contributed by atoms with Crippen LogP contribution in [0.5, 0.6) is 0 Å². The highest BCUT2D eigenvalue weighted by Crippen LogP contribution is 2.42. The number of hydrogen-bond donors (Lipinski definition) is 2. The molecule has 4 atom stereocenters. The summed E-state index contributed by atoms with van der Waals surface area (Å²) in [5.41, 5.74) is 3.22. The standard InChI is InChI=1S/C23H30BrN5O/c1-14(2)26-23(30)25-12-17-10-16-8-9-29(17)13-19(16)22-11-21(27-15(3)28-22)18-6-4-5-7-20(18)24/h4-7,11,14,16-17,19H,8-10,12-13H2,1-3H3,(H2,25,26,30). The van der Waals surface area contributed by atoms with Crippen molar-refractivity contribution in [1.82, 2.24) is 25.5 Å². The molecule has 2 N–H and O–H groups in total. The monoisotopic (exact) mass is 471 g/mol. The Balaban J connectivity index is 1.48. The molecule has 3 aliphatic heterocycles. The number of aryl methyl sites for hydroxylation is 1. The molecule has 3 aliphatic rings. The van der Waals surface area contributed by atoms with Gasteiger partial charge in [-0.1, -0.05) is 34.1 Å². The van der Waals surface area contributed by atoms with E-state index in [9.17, 15) is 4.79 Å². The number of aromatic nitrogens is 2. The molecule has 4 unspecified atom stereocenters. The normalized spacial score (nSPS) is 25.4. The maximum Gasteiger partial charge on any atom is 0.315 e. The Morgan fingerprint density at radius 1 is 1.30 bits per heavy atom. The van der Waals surface area contributed by atoms with Crippen LogP contribution in [0.25, 0.3) is 11.3 Å². The van der Waals surface area contributed by atoms with Crippen molar-refractivity contribution in [2.24, 2.45) is 5.92 Å². The highest BCUT2D eigenvalue weighted by Gasteiger charge is 2.41. The lowest BCUT2D eigenvalue weighted by atomic mass is 9.74. The Kier molecular flexibility index (Phi) is 6.39. The minimum Gasteiger partial charge on any atom is -0.337 e. The van der Waals surface area contributed by atoms with Crippen LogP contribution in [0.1, 0.15) is 44.1 Å². The summed E-state index contributed by atoms with van der Waals surface area (Å²) in [7, 11) is 0. The maximum absolute atomic E-state index is 12.0. The van der Waals surface area contributed by atoms with E-state index in [4.69, 9.17) is 9.97 Å². The molecule has 30 heavy (non-hydrogen) atoms. The third kappa shape index (κ3) is 4.67. The molecular formula is C23H30BrN5O. The van der Waals surface area contributed by atoms with Gasteiger partial charge in [0.25, 0.3) is 0 Å². The van der Waals surface area contributed by atoms with Gasteiger partial charge in [-0.2, -0.15) is 0 Å². The van der Waals surface area contributed by atoms with E-state index in [-0.39, 0.29) is 12.1 Å². The molecule has 0 radical (unpaired) electrons. The Hall–Kier alpha value is -1.99. The first-order valence-electron chi connectivity index (χ1n) is 10.8. The van der Waals surface area contributed by atoms with E-state index >= 15 is 0 Å². The number of fused-ring (bicyclic) bond motifs is 3. The zero-order chi connectivity index (χ0) is 21.3. The lowest BCUT2D eigenvalue weighted by Gasteiger charge is -2.49. The third-order valence-corrected chi connectivity index (χ3v) is 6.88. The van der Waals surface area contributed by atoms with Crippen LogP contribution in [0.4, 0.5) is 4.79 Å². The summed E-state index contributed by atoms with van der Waals surface area (Å²) >= 11 is 3.65. The van der Waals surface area contributed by atoms with Gasteiger partial charge in [0.2, 0.25) is 0 Å². The molecule has 1 aromatic carbocycles. The number of benzene rings is 1. The molecule has 2 amide bonds. The van der Waals surface area contributed by atoms with Crippen molar-refractivity contribution < 1.29 is 4.79 Å². The fourth-order valence-corrected chi connectivity index (χ4v) is 5.28. The number of halogens is 1. The van der Waals surface area contributed by atoms with Crippen LogP contribution in [0.2, 0.25) is 0 Å². The van der Waals surface area contributed by atoms with Gasteiger partial charge in [0.05, 0.1) is 5.69 Å². The van der Waals surface area contributed by atoms with E-state index in [0.717, 1.165) is 46.8 Å². The minimum atomic E-state index is -0.0753. The molecule has 0 saturated carbocycles. The van der Waals surface area contributed by atoms with Gasteiger partial charge in [-0.15, -0.1) is 0 Å². The Bertz CT molecular complexity index is 918. The summed E-state index contributed by atoms with van der Waals surface area (Å²) in [6.07, 6.45) is 2.28. The molecule has 7 heteroatoms. The number of piperidine rings is 3. The first-order valence-corrected chi connectivity index (χ1v) is 11.6. The third-order valence-electron chi connectivity index (χ3n) is 6.18. The smallest absolute Gasteiger partial charge is 0.315 e. The van der Waals surface area contributed by atoms with Crippen molar-refractivity contribution in [3.8, 4) is 11.3 Å². The van der Waals surface area contributed by atoms with Crippen LogP contribution >= 0.6 is 15.9 Å². The van der Waals surface area contributed by atoms with Crippen LogP contribution in [0.3, 0.4) is 0 Å². The van der Waals surface area contributed by atoms with Gasteiger partial charge in [0.1, 0.15) is 5.82 Å². The van der Waals surface area contributed by atoms with Crippen LogP contribution in [0.15, 0.2) is 34.8 Å². The van der Waals surface area contributed by atoms with E-state index in [1.165, 1.54) is 6.42 Å². The van der Waals surface area contributed by atoms with Crippen molar-refractivity contribution in [1.29, 1.82) is 0 Å². The zero-order valence-electron chi connectivity index (χ0n) is 17.9. The van der Waals surface area contributed by atoms with Gasteiger partial charge in [-0.3, -0.25) is 4.90 Å². The second-order valence-corrected chi connectivity index (χ2v) is 9.61. The number of nitrogens with zero attached hydrogens (tertiary/aromatic N) is 3. The molecule has 2 aromatic rings. The number of nitrogens with one attached hydrogen (secondary N) is 2. The first-order chi connectivity index (χ1) is 14.4. The lowest BCUT2D eigenvalue weighted by Crippen LogP contribution is -2.57. The van der Waals surface area contributed by atoms with Gasteiger partial charge in [-0.25, -0.2) is 14.8 Å². The number of carbonyl (C=O) groups excluding carboxylic acids is 1. The molecule has 4 heterocycles. The maximum atomic E-state index is 12.0. The average molecular weight is 472 g/mol. The van der Waals surface area contributed by atoms with Gasteiger partial charge in [0.15, 0.2) is 0 Å². The SMILES string of the molecule is Cc1nc(-c2ccccc2Br)cc(C2CN3CCC2CC3CNC(=O)NC(C)C)n1. The number of rotatable bonds is 5. The molecule has 5 rings (SSSR count). The fraction of sp³-hybridized carbons (Fsp3) is 0.522. The molecule has 2 bridgehead atoms. The summed E-state index contributed by atoms with van der Waals surface area (Å²) in [5, 5.41) is 5.95. The van der Waals surface area contributed by atoms with Crippen LogP contribution in [-0.2, 0) is 0 Å². The van der Waals surface area contributed by atoms with Gasteiger partial charge >= 0.3 is 6.03 Å². The number of carbonyl (C=O) groups is 1. The molecule has 0 spiro atoms. The van der Waals surface area contributed by atoms with Crippen molar-refractivity contribution in [3.63, 3.8) is 0 Å². The van der Waals surface area contributed by atoms with E-state index in [2.05, 4.69) is 43.6 Å². The lowest BCUT2D eigenvalue weighted by molar-refractivity contribution is 0.0304. The summed E-state index contributed by atoms with van der Waals surface area (Å²) in [6, 6.07) is 10.9. The molecule has 1 aromatic heterocycles. The molecule has 160 valence electrons. The van der Waals surface area contributed by atoms with Crippen molar-refractivity contribution >= 4 is 22.0 Å². The van der Waals surface area contributed by atoms with E-state index in [0.29, 0.717) is 24.4 Å². The van der Waals surface area contributed by atoms with Crippen molar-refractivity contribution in [2.75, 3.05) is 19.6 Å². The number of hydrogen-bond acceptors (Lipinski definition) is 4. The first kappa shape index (κ1) is 21.2. The van der Waals surface area contributed by atoms with Crippen LogP contribution in [0, 0.1) is 12.8 Å². The van der Waals surface area contributed by atoms with Gasteiger partial charge in [-0.05, 0) is 58.2 Å². The van der Waals surface area contributed by atoms with E-state index < -0.39 is 0 Å². The Labute approximate surface area is 187 Å². The molecule has 0 aliphatic carbocycles. The average Bonchev–Trinajstić information content (AvgIpc) is 2.72. The second-order valence-electron chi connectivity index (χ2n) is 8.75. The van der Waals surface area contributed by atoms with Gasteiger partial charge < -0.3 is 10.6 Å². The van der Waals surface area contributed by atoms with Crippen molar-refractivity contribution in [3.05, 3.63) is 46.3 Å². The Morgan fingerprint density at radius 2 is 2.10 bits per heavy atom. The van der Waals surface area contributed by atoms with Crippen LogP contribution in [-0.4, -0.2) is 52.6 Å². The van der Waals surface area contributed by atoms with E-state index in [1.54, 1.807) is 0 Å². The molecule has 6 nitrogen and oxygen atoms in total. The summed E-state index contributed by atoms with van der Waals surface area (Å²) < 4.78 is 1.05. The fourth-order valence-electron chi connectivity index (χ4n) is 4.80. The number of amides is 2.